The summed E-state index contributed by atoms with van der Waals surface area (Å²) in [6.45, 7) is 5.33. The SMILES string of the molecule is CCOC(=O)C1CC1CN(Cc1cc(C)n(C)n1)C(=O)C1CCc2ccccc2C1. The molecule has 2 aliphatic rings. The molecular formula is C24H31N3O3. The van der Waals surface area contributed by atoms with Crippen LogP contribution < -0.4 is 0 Å². The number of hydrogen-bond donors (Lipinski definition) is 0. The highest BCUT2D eigenvalue weighted by Crippen LogP contribution is 2.41. The van der Waals surface area contributed by atoms with Crippen LogP contribution in [0.3, 0.4) is 0 Å². The number of amides is 1. The summed E-state index contributed by atoms with van der Waals surface area (Å²) in [6.07, 6.45) is 3.41. The second-order valence-electron chi connectivity index (χ2n) is 8.68. The third kappa shape index (κ3) is 4.42. The van der Waals surface area contributed by atoms with E-state index in [1.165, 1.54) is 11.1 Å². The number of carbonyl (C=O) groups excluding carboxylic acids is 2. The number of benzene rings is 1. The lowest BCUT2D eigenvalue weighted by atomic mass is 9.83. The Labute approximate surface area is 178 Å². The van der Waals surface area contributed by atoms with Gasteiger partial charge in [0, 0.05) is 25.2 Å². The van der Waals surface area contributed by atoms with E-state index >= 15 is 0 Å². The number of aryl methyl sites for hydroxylation is 3. The van der Waals surface area contributed by atoms with Crippen molar-refractivity contribution in [1.82, 2.24) is 14.7 Å². The fourth-order valence-corrected chi connectivity index (χ4v) is 4.58. The van der Waals surface area contributed by atoms with Crippen molar-refractivity contribution in [1.29, 1.82) is 0 Å². The van der Waals surface area contributed by atoms with E-state index in [1.54, 1.807) is 0 Å². The largest absolute Gasteiger partial charge is 0.466 e. The standard InChI is InChI=1S/C24H31N3O3/c1-4-30-24(29)22-13-20(22)14-27(15-21-11-16(2)26(3)25-21)23(28)19-10-9-17-7-5-6-8-18(17)12-19/h5-8,11,19-20,22H,4,9-10,12-15H2,1-3H3. The van der Waals surface area contributed by atoms with Crippen LogP contribution in [0.15, 0.2) is 30.3 Å². The molecule has 0 spiro atoms. The highest BCUT2D eigenvalue weighted by atomic mass is 16.5. The lowest BCUT2D eigenvalue weighted by Crippen LogP contribution is -2.39. The van der Waals surface area contributed by atoms with E-state index in [1.807, 2.05) is 42.6 Å². The van der Waals surface area contributed by atoms with Gasteiger partial charge in [0.15, 0.2) is 0 Å². The third-order valence-electron chi connectivity index (χ3n) is 6.49. The van der Waals surface area contributed by atoms with Crippen LogP contribution in [0.1, 0.15) is 42.3 Å². The molecule has 0 N–H and O–H groups in total. The second-order valence-corrected chi connectivity index (χ2v) is 8.68. The van der Waals surface area contributed by atoms with Crippen molar-refractivity contribution in [3.63, 3.8) is 0 Å². The van der Waals surface area contributed by atoms with E-state index in [0.717, 1.165) is 37.1 Å². The zero-order valence-corrected chi connectivity index (χ0v) is 18.1. The van der Waals surface area contributed by atoms with Crippen LogP contribution in [0.25, 0.3) is 0 Å². The molecule has 1 heterocycles. The van der Waals surface area contributed by atoms with E-state index < -0.39 is 0 Å². The third-order valence-corrected chi connectivity index (χ3v) is 6.49. The Morgan fingerprint density at radius 2 is 2.03 bits per heavy atom. The molecule has 1 aromatic heterocycles. The molecule has 1 aromatic carbocycles. The maximum Gasteiger partial charge on any atom is 0.309 e. The maximum atomic E-state index is 13.5. The second kappa shape index (κ2) is 8.62. The number of fused-ring (bicyclic) bond motifs is 1. The Kier molecular flexibility index (Phi) is 5.93. The summed E-state index contributed by atoms with van der Waals surface area (Å²) in [4.78, 5) is 27.6. The van der Waals surface area contributed by atoms with Crippen LogP contribution in [0.4, 0.5) is 0 Å². The zero-order chi connectivity index (χ0) is 21.3. The van der Waals surface area contributed by atoms with Gasteiger partial charge in [0.25, 0.3) is 0 Å². The molecule has 1 fully saturated rings. The van der Waals surface area contributed by atoms with Gasteiger partial charge in [0.1, 0.15) is 0 Å². The summed E-state index contributed by atoms with van der Waals surface area (Å²) in [7, 11) is 1.92. The highest BCUT2D eigenvalue weighted by Gasteiger charge is 2.46. The van der Waals surface area contributed by atoms with Gasteiger partial charge >= 0.3 is 5.97 Å². The van der Waals surface area contributed by atoms with Gasteiger partial charge in [-0.05, 0) is 62.6 Å². The first-order chi connectivity index (χ1) is 14.5. The highest BCUT2D eigenvalue weighted by molar-refractivity contribution is 5.80. The van der Waals surface area contributed by atoms with E-state index in [9.17, 15) is 9.59 Å². The number of hydrogen-bond acceptors (Lipinski definition) is 4. The zero-order valence-electron chi connectivity index (χ0n) is 18.1. The van der Waals surface area contributed by atoms with Crippen molar-refractivity contribution in [3.8, 4) is 0 Å². The number of aromatic nitrogens is 2. The molecule has 30 heavy (non-hydrogen) atoms. The minimum Gasteiger partial charge on any atom is -0.466 e. The summed E-state index contributed by atoms with van der Waals surface area (Å²) < 4.78 is 7.01. The monoisotopic (exact) mass is 409 g/mol. The van der Waals surface area contributed by atoms with Gasteiger partial charge in [-0.15, -0.1) is 0 Å². The van der Waals surface area contributed by atoms with Crippen LogP contribution in [0.5, 0.6) is 0 Å². The fourth-order valence-electron chi connectivity index (χ4n) is 4.58. The minimum absolute atomic E-state index is 0.00972. The molecular weight excluding hydrogens is 378 g/mol. The Hall–Kier alpha value is -2.63. The molecule has 3 unspecified atom stereocenters. The summed E-state index contributed by atoms with van der Waals surface area (Å²) in [6, 6.07) is 10.5. The Morgan fingerprint density at radius 3 is 2.73 bits per heavy atom. The number of ether oxygens (including phenoxy) is 1. The molecule has 0 aliphatic heterocycles. The van der Waals surface area contributed by atoms with Gasteiger partial charge in [0.2, 0.25) is 5.91 Å². The van der Waals surface area contributed by atoms with E-state index in [4.69, 9.17) is 4.74 Å². The Balaban J connectivity index is 1.48. The minimum atomic E-state index is -0.129. The molecule has 0 saturated heterocycles. The van der Waals surface area contributed by atoms with Crippen molar-refractivity contribution in [3.05, 3.63) is 52.8 Å². The number of esters is 1. The molecule has 6 nitrogen and oxygen atoms in total. The lowest BCUT2D eigenvalue weighted by molar-refractivity contribution is -0.145. The normalized spacial score (nSPS) is 22.3. The van der Waals surface area contributed by atoms with Crippen LogP contribution in [0.2, 0.25) is 0 Å². The Bertz CT molecular complexity index is 916. The van der Waals surface area contributed by atoms with E-state index in [2.05, 4.69) is 23.3 Å². The van der Waals surface area contributed by atoms with Gasteiger partial charge < -0.3 is 9.64 Å². The van der Waals surface area contributed by atoms with Gasteiger partial charge in [-0.3, -0.25) is 14.3 Å². The van der Waals surface area contributed by atoms with Crippen LogP contribution in [-0.4, -0.2) is 39.7 Å². The smallest absolute Gasteiger partial charge is 0.309 e. The summed E-state index contributed by atoms with van der Waals surface area (Å²) >= 11 is 0. The van der Waals surface area contributed by atoms with Gasteiger partial charge in [-0.25, -0.2) is 0 Å². The van der Waals surface area contributed by atoms with Gasteiger partial charge in [-0.2, -0.15) is 5.10 Å². The quantitative estimate of drug-likeness (QED) is 0.660. The van der Waals surface area contributed by atoms with Crippen molar-refractivity contribution >= 4 is 11.9 Å². The summed E-state index contributed by atoms with van der Waals surface area (Å²) in [5, 5.41) is 4.56. The predicted octanol–water partition coefficient (Wildman–Crippen LogP) is 3.06. The first-order valence-electron chi connectivity index (χ1n) is 11.0. The fraction of sp³-hybridized carbons (Fsp3) is 0.542. The molecule has 2 aromatic rings. The number of rotatable bonds is 7. The number of nitrogens with zero attached hydrogens (tertiary/aromatic N) is 3. The molecule has 3 atom stereocenters. The molecule has 160 valence electrons. The van der Waals surface area contributed by atoms with Crippen molar-refractivity contribution in [2.24, 2.45) is 24.8 Å². The molecule has 6 heteroatoms. The average Bonchev–Trinajstić information content (AvgIpc) is 3.44. The molecule has 1 amide bonds. The molecule has 0 bridgehead atoms. The van der Waals surface area contributed by atoms with E-state index in [0.29, 0.717) is 19.7 Å². The summed E-state index contributed by atoms with van der Waals surface area (Å²) in [5.41, 5.74) is 4.61. The first kappa shape index (κ1) is 20.6. The van der Waals surface area contributed by atoms with Crippen LogP contribution in [0, 0.1) is 24.7 Å². The van der Waals surface area contributed by atoms with Crippen molar-refractivity contribution in [2.75, 3.05) is 13.2 Å². The van der Waals surface area contributed by atoms with E-state index in [-0.39, 0.29) is 29.6 Å². The van der Waals surface area contributed by atoms with Crippen molar-refractivity contribution in [2.45, 2.75) is 46.1 Å². The first-order valence-corrected chi connectivity index (χ1v) is 11.0. The van der Waals surface area contributed by atoms with Gasteiger partial charge in [0.05, 0.1) is 24.8 Å². The molecule has 1 saturated carbocycles. The van der Waals surface area contributed by atoms with Gasteiger partial charge in [-0.1, -0.05) is 24.3 Å². The summed E-state index contributed by atoms with van der Waals surface area (Å²) in [5.74, 6) is 0.161. The predicted molar refractivity (Wildman–Crippen MR) is 114 cm³/mol. The maximum absolute atomic E-state index is 13.5. The van der Waals surface area contributed by atoms with Crippen LogP contribution in [-0.2, 0) is 40.8 Å². The lowest BCUT2D eigenvalue weighted by Gasteiger charge is -2.30. The number of carbonyl (C=O) groups is 2. The average molecular weight is 410 g/mol. The topological polar surface area (TPSA) is 64.4 Å². The molecule has 0 radical (unpaired) electrons. The Morgan fingerprint density at radius 1 is 1.27 bits per heavy atom. The van der Waals surface area contributed by atoms with Crippen LogP contribution >= 0.6 is 0 Å². The molecule has 2 aliphatic carbocycles. The molecule has 4 rings (SSSR count). The van der Waals surface area contributed by atoms with Crippen molar-refractivity contribution < 1.29 is 14.3 Å².